The maximum atomic E-state index is 13.3. The van der Waals surface area contributed by atoms with Crippen molar-refractivity contribution in [3.63, 3.8) is 0 Å². The van der Waals surface area contributed by atoms with Crippen LogP contribution in [0.1, 0.15) is 35.7 Å². The molecule has 0 N–H and O–H groups in total. The standard InChI is InChI=1S/C21H19F3O5/c1-2-7-20-10-26-21(27-11-20,28-12-20)14-5-3-13(4-6-14)19(25)29-15-8-16(22)18(24)17(23)9-15/h3-6,8-9H,2,7,10-12H2,1H3. The van der Waals surface area contributed by atoms with Gasteiger partial charge >= 0.3 is 11.9 Å². The molecule has 2 bridgehead atoms. The molecule has 3 fully saturated rings. The Morgan fingerprint density at radius 2 is 1.55 bits per heavy atom. The van der Waals surface area contributed by atoms with E-state index >= 15 is 0 Å². The van der Waals surface area contributed by atoms with Crippen molar-refractivity contribution >= 4 is 5.97 Å². The molecule has 5 nitrogen and oxygen atoms in total. The van der Waals surface area contributed by atoms with Crippen molar-refractivity contribution in [3.8, 4) is 5.75 Å². The van der Waals surface area contributed by atoms with Crippen LogP contribution in [0.3, 0.4) is 0 Å². The van der Waals surface area contributed by atoms with Crippen LogP contribution in [-0.4, -0.2) is 25.8 Å². The zero-order valence-electron chi connectivity index (χ0n) is 15.7. The Morgan fingerprint density at radius 1 is 1.00 bits per heavy atom. The topological polar surface area (TPSA) is 54.0 Å². The molecule has 8 heteroatoms. The van der Waals surface area contributed by atoms with Crippen molar-refractivity contribution < 1.29 is 36.9 Å². The highest BCUT2D eigenvalue weighted by Gasteiger charge is 2.53. The Hall–Kier alpha value is -2.42. The summed E-state index contributed by atoms with van der Waals surface area (Å²) in [6.07, 6.45) is 1.94. The molecule has 0 spiro atoms. The zero-order valence-corrected chi connectivity index (χ0v) is 15.7. The van der Waals surface area contributed by atoms with E-state index in [0.717, 1.165) is 12.8 Å². The Bertz CT molecular complexity index is 881. The molecule has 5 rings (SSSR count). The summed E-state index contributed by atoms with van der Waals surface area (Å²) in [7, 11) is 0. The second kappa shape index (κ2) is 7.44. The average molecular weight is 408 g/mol. The molecular formula is C21H19F3O5. The number of rotatable bonds is 5. The van der Waals surface area contributed by atoms with Gasteiger partial charge in [0.2, 0.25) is 0 Å². The molecule has 0 unspecified atom stereocenters. The minimum Gasteiger partial charge on any atom is -0.423 e. The van der Waals surface area contributed by atoms with Gasteiger partial charge in [0.15, 0.2) is 17.5 Å². The average Bonchev–Trinajstić information content (AvgIpc) is 2.73. The fourth-order valence-electron chi connectivity index (χ4n) is 3.56. The number of esters is 1. The lowest BCUT2D eigenvalue weighted by Gasteiger charge is -2.51. The first-order valence-electron chi connectivity index (χ1n) is 9.26. The fraction of sp³-hybridized carbons (Fsp3) is 0.381. The highest BCUT2D eigenvalue weighted by Crippen LogP contribution is 2.46. The van der Waals surface area contributed by atoms with E-state index in [9.17, 15) is 18.0 Å². The van der Waals surface area contributed by atoms with Gasteiger partial charge in [-0.15, -0.1) is 0 Å². The summed E-state index contributed by atoms with van der Waals surface area (Å²) in [5.74, 6) is -7.10. The molecule has 0 radical (unpaired) electrons. The molecule has 2 aromatic rings. The van der Waals surface area contributed by atoms with Gasteiger partial charge in [0.1, 0.15) is 5.75 Å². The molecular weight excluding hydrogens is 389 g/mol. The van der Waals surface area contributed by atoms with E-state index < -0.39 is 35.1 Å². The molecule has 0 aliphatic carbocycles. The first-order valence-corrected chi connectivity index (χ1v) is 9.26. The van der Waals surface area contributed by atoms with Crippen LogP contribution in [0, 0.1) is 22.9 Å². The lowest BCUT2D eigenvalue weighted by Crippen LogP contribution is -2.58. The predicted molar refractivity (Wildman–Crippen MR) is 94.6 cm³/mol. The first kappa shape index (κ1) is 19.9. The van der Waals surface area contributed by atoms with E-state index in [4.69, 9.17) is 18.9 Å². The maximum absolute atomic E-state index is 13.3. The van der Waals surface area contributed by atoms with Crippen LogP contribution < -0.4 is 4.74 Å². The van der Waals surface area contributed by atoms with Crippen molar-refractivity contribution in [3.05, 3.63) is 65.0 Å². The third-order valence-corrected chi connectivity index (χ3v) is 5.13. The van der Waals surface area contributed by atoms with Crippen LogP contribution in [0.15, 0.2) is 36.4 Å². The molecule has 0 atom stereocenters. The summed E-state index contributed by atoms with van der Waals surface area (Å²) in [4.78, 5) is 12.2. The first-order chi connectivity index (χ1) is 13.9. The van der Waals surface area contributed by atoms with Crippen molar-refractivity contribution in [1.82, 2.24) is 0 Å². The van der Waals surface area contributed by atoms with E-state index in [-0.39, 0.29) is 11.0 Å². The number of ether oxygens (including phenoxy) is 4. The van der Waals surface area contributed by atoms with Crippen LogP contribution in [0.2, 0.25) is 0 Å². The normalized spacial score (nSPS) is 25.8. The molecule has 29 heavy (non-hydrogen) atoms. The van der Waals surface area contributed by atoms with Crippen LogP contribution in [0.5, 0.6) is 5.75 Å². The van der Waals surface area contributed by atoms with Gasteiger partial charge in [0.25, 0.3) is 0 Å². The van der Waals surface area contributed by atoms with E-state index in [1.807, 2.05) is 0 Å². The van der Waals surface area contributed by atoms with Crippen molar-refractivity contribution in [2.45, 2.75) is 25.7 Å². The molecule has 3 aliphatic rings. The van der Waals surface area contributed by atoms with E-state index in [1.165, 1.54) is 12.1 Å². The molecule has 3 heterocycles. The predicted octanol–water partition coefficient (Wildman–Crippen LogP) is 4.30. The zero-order chi connectivity index (χ0) is 20.6. The van der Waals surface area contributed by atoms with Gasteiger partial charge in [0.05, 0.1) is 25.4 Å². The third-order valence-electron chi connectivity index (χ3n) is 5.13. The molecule has 0 amide bonds. The lowest BCUT2D eigenvalue weighted by molar-refractivity contribution is -0.480. The molecule has 3 saturated heterocycles. The van der Waals surface area contributed by atoms with Crippen LogP contribution in [-0.2, 0) is 20.2 Å². The highest BCUT2D eigenvalue weighted by molar-refractivity contribution is 5.91. The van der Waals surface area contributed by atoms with E-state index in [1.54, 1.807) is 12.1 Å². The Balaban J connectivity index is 1.47. The summed E-state index contributed by atoms with van der Waals surface area (Å²) in [6, 6.07) is 7.32. The monoisotopic (exact) mass is 408 g/mol. The van der Waals surface area contributed by atoms with Gasteiger partial charge in [-0.1, -0.05) is 25.5 Å². The third kappa shape index (κ3) is 3.63. The molecule has 2 aromatic carbocycles. The van der Waals surface area contributed by atoms with Gasteiger partial charge < -0.3 is 18.9 Å². The van der Waals surface area contributed by atoms with Crippen LogP contribution in [0.4, 0.5) is 13.2 Å². The second-order valence-corrected chi connectivity index (χ2v) is 7.34. The smallest absolute Gasteiger partial charge is 0.343 e. The van der Waals surface area contributed by atoms with E-state index in [0.29, 0.717) is 37.5 Å². The summed E-state index contributed by atoms with van der Waals surface area (Å²) < 4.78 is 62.0. The number of hydrogen-bond acceptors (Lipinski definition) is 5. The van der Waals surface area contributed by atoms with Crippen LogP contribution >= 0.6 is 0 Å². The summed E-state index contributed by atoms with van der Waals surface area (Å²) in [5, 5.41) is 0. The highest BCUT2D eigenvalue weighted by atomic mass is 19.2. The Morgan fingerprint density at radius 3 is 2.07 bits per heavy atom. The van der Waals surface area contributed by atoms with Crippen LogP contribution in [0.25, 0.3) is 0 Å². The van der Waals surface area contributed by atoms with Crippen molar-refractivity contribution in [2.24, 2.45) is 5.41 Å². The molecule has 0 saturated carbocycles. The maximum Gasteiger partial charge on any atom is 0.343 e. The summed E-state index contributed by atoms with van der Waals surface area (Å²) >= 11 is 0. The van der Waals surface area contributed by atoms with Crippen molar-refractivity contribution in [2.75, 3.05) is 19.8 Å². The van der Waals surface area contributed by atoms with Gasteiger partial charge in [0, 0.05) is 23.1 Å². The Kier molecular flexibility index (Phi) is 5.10. The van der Waals surface area contributed by atoms with Gasteiger partial charge in [-0.05, 0) is 18.6 Å². The summed E-state index contributed by atoms with van der Waals surface area (Å²) in [6.45, 7) is 3.66. The largest absolute Gasteiger partial charge is 0.423 e. The fourth-order valence-corrected chi connectivity index (χ4v) is 3.56. The van der Waals surface area contributed by atoms with Crippen molar-refractivity contribution in [1.29, 1.82) is 0 Å². The number of halogens is 3. The number of hydrogen-bond donors (Lipinski definition) is 0. The van der Waals surface area contributed by atoms with Gasteiger partial charge in [-0.2, -0.15) is 0 Å². The van der Waals surface area contributed by atoms with Gasteiger partial charge in [-0.3, -0.25) is 0 Å². The second-order valence-electron chi connectivity index (χ2n) is 7.34. The minimum absolute atomic E-state index is 0.125. The number of benzene rings is 2. The number of carbonyl (C=O) groups is 1. The Labute approximate surface area is 165 Å². The number of fused-ring (bicyclic) bond motifs is 3. The van der Waals surface area contributed by atoms with E-state index in [2.05, 4.69) is 6.92 Å². The SMILES string of the molecule is CCCC12COC(c3ccc(C(=O)Oc4cc(F)c(F)c(F)c4)cc3)(OC1)OC2. The number of carbonyl (C=O) groups excluding carboxylic acids is 1. The molecule has 3 aliphatic heterocycles. The molecule has 154 valence electrons. The minimum atomic E-state index is -1.63. The quantitative estimate of drug-likeness (QED) is 0.420. The summed E-state index contributed by atoms with van der Waals surface area (Å²) in [5.41, 5.74) is 0.583. The van der Waals surface area contributed by atoms with Gasteiger partial charge in [-0.25, -0.2) is 18.0 Å². The molecule has 0 aromatic heterocycles. The lowest BCUT2D eigenvalue weighted by atomic mass is 9.83.